The SMILES string of the molecule is C=C(C)CCC(NCCC)c1snnc1CC. The van der Waals surface area contributed by atoms with Gasteiger partial charge in [0.15, 0.2) is 0 Å². The van der Waals surface area contributed by atoms with Crippen LogP contribution in [0.25, 0.3) is 0 Å². The minimum atomic E-state index is 0.390. The summed E-state index contributed by atoms with van der Waals surface area (Å²) in [5, 5.41) is 7.79. The van der Waals surface area contributed by atoms with Crippen molar-refractivity contribution in [2.75, 3.05) is 6.54 Å². The summed E-state index contributed by atoms with van der Waals surface area (Å²) in [6, 6.07) is 0.390. The van der Waals surface area contributed by atoms with Crippen LogP contribution in [0.2, 0.25) is 0 Å². The van der Waals surface area contributed by atoms with E-state index in [0.717, 1.165) is 37.9 Å². The molecular formula is C13H23N3S. The molecule has 1 rings (SSSR count). The molecule has 0 bridgehead atoms. The Kier molecular flexibility index (Phi) is 6.37. The van der Waals surface area contributed by atoms with E-state index in [2.05, 4.69) is 42.3 Å². The van der Waals surface area contributed by atoms with E-state index >= 15 is 0 Å². The molecule has 0 aliphatic carbocycles. The molecule has 96 valence electrons. The first kappa shape index (κ1) is 14.3. The minimum Gasteiger partial charge on any atom is -0.309 e. The van der Waals surface area contributed by atoms with Crippen molar-refractivity contribution in [2.24, 2.45) is 0 Å². The van der Waals surface area contributed by atoms with Crippen LogP contribution in [0.1, 0.15) is 56.6 Å². The van der Waals surface area contributed by atoms with Crippen LogP contribution in [0.4, 0.5) is 0 Å². The zero-order valence-electron chi connectivity index (χ0n) is 11.1. The number of allylic oxidation sites excluding steroid dienone is 1. The second-order valence-corrected chi connectivity index (χ2v) is 5.23. The first-order valence-corrected chi connectivity index (χ1v) is 7.15. The number of aryl methyl sites for hydroxylation is 1. The lowest BCUT2D eigenvalue weighted by Gasteiger charge is -2.17. The summed E-state index contributed by atoms with van der Waals surface area (Å²) < 4.78 is 4.08. The summed E-state index contributed by atoms with van der Waals surface area (Å²) in [4.78, 5) is 1.31. The molecule has 1 atom stereocenters. The van der Waals surface area contributed by atoms with Gasteiger partial charge in [0.2, 0.25) is 0 Å². The molecule has 0 aliphatic heterocycles. The third kappa shape index (κ3) is 4.56. The Hall–Kier alpha value is -0.740. The molecule has 3 nitrogen and oxygen atoms in total. The molecular weight excluding hydrogens is 230 g/mol. The fraction of sp³-hybridized carbons (Fsp3) is 0.692. The van der Waals surface area contributed by atoms with E-state index in [-0.39, 0.29) is 0 Å². The van der Waals surface area contributed by atoms with Crippen molar-refractivity contribution in [1.29, 1.82) is 0 Å². The van der Waals surface area contributed by atoms with Crippen LogP contribution in [-0.4, -0.2) is 16.1 Å². The number of rotatable bonds is 8. The summed E-state index contributed by atoms with van der Waals surface area (Å²) in [7, 11) is 0. The molecule has 17 heavy (non-hydrogen) atoms. The minimum absolute atomic E-state index is 0.390. The van der Waals surface area contributed by atoms with E-state index < -0.39 is 0 Å². The molecule has 0 fully saturated rings. The number of aromatic nitrogens is 2. The van der Waals surface area contributed by atoms with Crippen molar-refractivity contribution < 1.29 is 0 Å². The molecule has 0 amide bonds. The molecule has 0 saturated carbocycles. The lowest BCUT2D eigenvalue weighted by atomic mass is 10.0. The summed E-state index contributed by atoms with van der Waals surface area (Å²) in [6.07, 6.45) is 4.26. The van der Waals surface area contributed by atoms with E-state index in [1.54, 1.807) is 0 Å². The largest absolute Gasteiger partial charge is 0.309 e. The Balaban J connectivity index is 2.70. The predicted octanol–water partition coefficient (Wildman–Crippen LogP) is 3.50. The van der Waals surface area contributed by atoms with Gasteiger partial charge in [-0.25, -0.2) is 0 Å². The van der Waals surface area contributed by atoms with Gasteiger partial charge in [-0.15, -0.1) is 11.7 Å². The standard InChI is InChI=1S/C13H23N3S/c1-5-9-14-12(8-7-10(3)4)13-11(6-2)15-16-17-13/h12,14H,3,5-9H2,1-2,4H3. The van der Waals surface area contributed by atoms with Gasteiger partial charge in [-0.1, -0.05) is 23.9 Å². The molecule has 0 radical (unpaired) electrons. The molecule has 0 spiro atoms. The number of nitrogens with zero attached hydrogens (tertiary/aromatic N) is 2. The van der Waals surface area contributed by atoms with Gasteiger partial charge >= 0.3 is 0 Å². The lowest BCUT2D eigenvalue weighted by Crippen LogP contribution is -2.22. The molecule has 1 N–H and O–H groups in total. The Bertz CT molecular complexity index is 346. The van der Waals surface area contributed by atoms with E-state index in [1.165, 1.54) is 22.0 Å². The van der Waals surface area contributed by atoms with Gasteiger partial charge in [0.1, 0.15) is 0 Å². The highest BCUT2D eigenvalue weighted by Gasteiger charge is 2.17. The Morgan fingerprint density at radius 2 is 2.24 bits per heavy atom. The summed E-state index contributed by atoms with van der Waals surface area (Å²) in [6.45, 7) is 11.4. The van der Waals surface area contributed by atoms with Crippen LogP contribution in [0.15, 0.2) is 12.2 Å². The van der Waals surface area contributed by atoms with Crippen LogP contribution in [0.3, 0.4) is 0 Å². The van der Waals surface area contributed by atoms with Gasteiger partial charge in [-0.3, -0.25) is 0 Å². The van der Waals surface area contributed by atoms with E-state index in [9.17, 15) is 0 Å². The zero-order valence-corrected chi connectivity index (χ0v) is 11.9. The molecule has 1 aromatic heterocycles. The predicted molar refractivity (Wildman–Crippen MR) is 74.4 cm³/mol. The second kappa shape index (κ2) is 7.56. The lowest BCUT2D eigenvalue weighted by molar-refractivity contribution is 0.502. The van der Waals surface area contributed by atoms with Crippen LogP contribution < -0.4 is 5.32 Å². The zero-order chi connectivity index (χ0) is 12.7. The maximum atomic E-state index is 4.20. The summed E-state index contributed by atoms with van der Waals surface area (Å²) in [5.74, 6) is 0. The third-order valence-electron chi connectivity index (χ3n) is 2.74. The van der Waals surface area contributed by atoms with Crippen LogP contribution >= 0.6 is 11.5 Å². The molecule has 0 aliphatic rings. The third-order valence-corrected chi connectivity index (χ3v) is 3.62. The molecule has 0 aromatic carbocycles. The van der Waals surface area contributed by atoms with E-state index in [4.69, 9.17) is 0 Å². The van der Waals surface area contributed by atoms with Crippen LogP contribution in [-0.2, 0) is 6.42 Å². The fourth-order valence-electron chi connectivity index (χ4n) is 1.76. The quantitative estimate of drug-likeness (QED) is 0.721. The molecule has 1 aromatic rings. The van der Waals surface area contributed by atoms with E-state index in [0.29, 0.717) is 6.04 Å². The highest BCUT2D eigenvalue weighted by atomic mass is 32.1. The van der Waals surface area contributed by atoms with Crippen molar-refractivity contribution >= 4 is 11.5 Å². The second-order valence-electron chi connectivity index (χ2n) is 4.44. The van der Waals surface area contributed by atoms with Gasteiger partial charge in [0.25, 0.3) is 0 Å². The highest BCUT2D eigenvalue weighted by molar-refractivity contribution is 7.05. The Morgan fingerprint density at radius 1 is 1.47 bits per heavy atom. The molecule has 1 heterocycles. The van der Waals surface area contributed by atoms with Crippen molar-refractivity contribution in [3.8, 4) is 0 Å². The van der Waals surface area contributed by atoms with Crippen molar-refractivity contribution in [1.82, 2.24) is 14.9 Å². The normalized spacial score (nSPS) is 12.6. The number of hydrogen-bond donors (Lipinski definition) is 1. The smallest absolute Gasteiger partial charge is 0.0800 e. The van der Waals surface area contributed by atoms with Gasteiger partial charge in [0.05, 0.1) is 10.6 Å². The van der Waals surface area contributed by atoms with Gasteiger partial charge in [-0.05, 0) is 50.7 Å². The fourth-order valence-corrected chi connectivity index (χ4v) is 2.61. The van der Waals surface area contributed by atoms with Crippen molar-refractivity contribution in [3.05, 3.63) is 22.7 Å². The molecule has 0 saturated heterocycles. The van der Waals surface area contributed by atoms with Gasteiger partial charge in [0, 0.05) is 6.04 Å². The average molecular weight is 253 g/mol. The molecule has 4 heteroatoms. The first-order chi connectivity index (χ1) is 8.19. The van der Waals surface area contributed by atoms with Crippen molar-refractivity contribution in [3.63, 3.8) is 0 Å². The first-order valence-electron chi connectivity index (χ1n) is 6.37. The van der Waals surface area contributed by atoms with Crippen LogP contribution in [0, 0.1) is 0 Å². The Morgan fingerprint density at radius 3 is 2.82 bits per heavy atom. The topological polar surface area (TPSA) is 37.8 Å². The summed E-state index contributed by atoms with van der Waals surface area (Å²) >= 11 is 1.53. The van der Waals surface area contributed by atoms with Gasteiger partial charge < -0.3 is 5.32 Å². The average Bonchev–Trinajstić information content (AvgIpc) is 2.77. The monoisotopic (exact) mass is 253 g/mol. The van der Waals surface area contributed by atoms with E-state index in [1.807, 2.05) is 0 Å². The Labute approximate surface area is 108 Å². The maximum absolute atomic E-state index is 4.20. The van der Waals surface area contributed by atoms with Crippen molar-refractivity contribution in [2.45, 2.75) is 52.5 Å². The van der Waals surface area contributed by atoms with Gasteiger partial charge in [-0.2, -0.15) is 0 Å². The number of nitrogens with one attached hydrogen (secondary N) is 1. The highest BCUT2D eigenvalue weighted by Crippen LogP contribution is 2.26. The molecule has 1 unspecified atom stereocenters. The summed E-state index contributed by atoms with van der Waals surface area (Å²) in [5.41, 5.74) is 2.38. The maximum Gasteiger partial charge on any atom is 0.0800 e. The number of hydrogen-bond acceptors (Lipinski definition) is 4. The van der Waals surface area contributed by atoms with Crippen LogP contribution in [0.5, 0.6) is 0 Å².